The fourth-order valence-corrected chi connectivity index (χ4v) is 1.53. The molecular weight excluding hydrogens is 190 g/mol. The number of aromatic nitrogens is 1. The first-order valence-corrected chi connectivity index (χ1v) is 5.11. The highest BCUT2D eigenvalue weighted by Gasteiger charge is 2.13. The average Bonchev–Trinajstić information content (AvgIpc) is 2.31. The topological polar surface area (TPSA) is 39.2 Å². The number of carbonyl (C=O) groups excluding carboxylic acids is 1. The monoisotopic (exact) mass is 203 g/mol. The molecule has 0 unspecified atom stereocenters. The van der Waals surface area contributed by atoms with Crippen LogP contribution in [0, 0.1) is 0 Å². The zero-order valence-corrected chi connectivity index (χ0v) is 8.48. The van der Waals surface area contributed by atoms with Gasteiger partial charge in [0.2, 0.25) is 5.78 Å². The van der Waals surface area contributed by atoms with E-state index < -0.39 is 0 Å². The molecule has 2 heterocycles. The van der Waals surface area contributed by atoms with Crippen LogP contribution in [-0.4, -0.2) is 17.4 Å². The first-order valence-electron chi connectivity index (χ1n) is 5.11. The summed E-state index contributed by atoms with van der Waals surface area (Å²) >= 11 is 0. The normalized spacial score (nSPS) is 15.3. The molecule has 1 aliphatic heterocycles. The van der Waals surface area contributed by atoms with Gasteiger partial charge in [-0.1, -0.05) is 0 Å². The van der Waals surface area contributed by atoms with Crippen molar-refractivity contribution in [3.63, 3.8) is 0 Å². The van der Waals surface area contributed by atoms with Gasteiger partial charge in [-0.2, -0.15) is 0 Å². The van der Waals surface area contributed by atoms with Crippen molar-refractivity contribution < 1.29 is 9.53 Å². The molecule has 0 aliphatic carbocycles. The lowest BCUT2D eigenvalue weighted by Crippen LogP contribution is -2.13. The molecule has 0 fully saturated rings. The Labute approximate surface area is 88.8 Å². The number of hydrogen-bond donors (Lipinski definition) is 0. The molecule has 1 aromatic heterocycles. The summed E-state index contributed by atoms with van der Waals surface area (Å²) in [5.41, 5.74) is 0.977. The van der Waals surface area contributed by atoms with E-state index in [0.29, 0.717) is 18.8 Å². The Morgan fingerprint density at radius 1 is 1.40 bits per heavy atom. The van der Waals surface area contributed by atoms with Gasteiger partial charge < -0.3 is 4.74 Å². The highest BCUT2D eigenvalue weighted by molar-refractivity contribution is 5.95. The second-order valence-corrected chi connectivity index (χ2v) is 3.51. The fraction of sp³-hybridized carbons (Fsp3) is 0.333. The zero-order valence-electron chi connectivity index (χ0n) is 8.48. The van der Waals surface area contributed by atoms with Gasteiger partial charge in [0.25, 0.3) is 0 Å². The van der Waals surface area contributed by atoms with E-state index in [0.717, 1.165) is 18.4 Å². The van der Waals surface area contributed by atoms with Crippen molar-refractivity contribution in [3.8, 4) is 0 Å². The van der Waals surface area contributed by atoms with Crippen LogP contribution in [0.15, 0.2) is 36.4 Å². The standard InChI is InChI=1S/C12H13NO2/c14-11(12-3-1-2-8-15-12)9-10-4-6-13-7-5-10/h3-7H,1-2,8-9H2. The van der Waals surface area contributed by atoms with Crippen LogP contribution in [0.25, 0.3) is 0 Å². The Morgan fingerprint density at radius 3 is 2.87 bits per heavy atom. The van der Waals surface area contributed by atoms with E-state index >= 15 is 0 Å². The van der Waals surface area contributed by atoms with Gasteiger partial charge in [0.05, 0.1) is 6.61 Å². The van der Waals surface area contributed by atoms with Crippen LogP contribution in [0.4, 0.5) is 0 Å². The molecule has 3 nitrogen and oxygen atoms in total. The maximum Gasteiger partial charge on any atom is 0.201 e. The lowest BCUT2D eigenvalue weighted by atomic mass is 10.1. The van der Waals surface area contributed by atoms with E-state index in [-0.39, 0.29) is 5.78 Å². The quantitative estimate of drug-likeness (QED) is 0.753. The largest absolute Gasteiger partial charge is 0.490 e. The maximum absolute atomic E-state index is 11.8. The first-order chi connectivity index (χ1) is 7.36. The summed E-state index contributed by atoms with van der Waals surface area (Å²) in [6.07, 6.45) is 7.61. The van der Waals surface area contributed by atoms with Crippen molar-refractivity contribution in [2.45, 2.75) is 19.3 Å². The Kier molecular flexibility index (Phi) is 3.12. The molecule has 0 saturated carbocycles. The summed E-state index contributed by atoms with van der Waals surface area (Å²) < 4.78 is 5.31. The molecule has 0 spiro atoms. The second-order valence-electron chi connectivity index (χ2n) is 3.51. The van der Waals surface area contributed by atoms with Gasteiger partial charge in [-0.15, -0.1) is 0 Å². The molecule has 0 atom stereocenters. The molecule has 0 N–H and O–H groups in total. The molecule has 0 radical (unpaired) electrons. The summed E-state index contributed by atoms with van der Waals surface area (Å²) in [7, 11) is 0. The Bertz CT molecular complexity index is 370. The van der Waals surface area contributed by atoms with Crippen molar-refractivity contribution in [1.29, 1.82) is 0 Å². The smallest absolute Gasteiger partial charge is 0.201 e. The number of ketones is 1. The number of pyridine rings is 1. The summed E-state index contributed by atoms with van der Waals surface area (Å²) in [6.45, 7) is 0.661. The van der Waals surface area contributed by atoms with E-state index in [1.165, 1.54) is 0 Å². The molecule has 0 aromatic carbocycles. The van der Waals surface area contributed by atoms with Crippen molar-refractivity contribution in [2.75, 3.05) is 6.61 Å². The van der Waals surface area contributed by atoms with Crippen molar-refractivity contribution in [3.05, 3.63) is 41.9 Å². The third-order valence-electron chi connectivity index (χ3n) is 2.32. The Balaban J connectivity index is 2.00. The van der Waals surface area contributed by atoms with Crippen LogP contribution in [0.2, 0.25) is 0 Å². The van der Waals surface area contributed by atoms with Crippen LogP contribution in [-0.2, 0) is 16.0 Å². The van der Waals surface area contributed by atoms with Gasteiger partial charge in [0.15, 0.2) is 5.76 Å². The number of hydrogen-bond acceptors (Lipinski definition) is 3. The summed E-state index contributed by atoms with van der Waals surface area (Å²) in [6, 6.07) is 3.70. The van der Waals surface area contributed by atoms with Crippen LogP contribution < -0.4 is 0 Å². The molecule has 0 bridgehead atoms. The van der Waals surface area contributed by atoms with E-state index in [2.05, 4.69) is 4.98 Å². The van der Waals surface area contributed by atoms with Crippen LogP contribution in [0.5, 0.6) is 0 Å². The predicted octanol–water partition coefficient (Wildman–Crippen LogP) is 1.89. The lowest BCUT2D eigenvalue weighted by Gasteiger charge is -2.13. The Hall–Kier alpha value is -1.64. The first kappa shape index (κ1) is 9.90. The molecule has 78 valence electrons. The molecule has 0 saturated heterocycles. The zero-order chi connectivity index (χ0) is 10.5. The number of nitrogens with zero attached hydrogens (tertiary/aromatic N) is 1. The fourth-order valence-electron chi connectivity index (χ4n) is 1.53. The van der Waals surface area contributed by atoms with Gasteiger partial charge >= 0.3 is 0 Å². The summed E-state index contributed by atoms with van der Waals surface area (Å²) in [5.74, 6) is 0.582. The van der Waals surface area contributed by atoms with Gasteiger partial charge in [0.1, 0.15) is 0 Å². The molecule has 1 aliphatic rings. The molecule has 0 amide bonds. The predicted molar refractivity (Wildman–Crippen MR) is 56.2 cm³/mol. The Morgan fingerprint density at radius 2 is 2.20 bits per heavy atom. The van der Waals surface area contributed by atoms with Crippen molar-refractivity contribution in [1.82, 2.24) is 4.98 Å². The number of rotatable bonds is 3. The third-order valence-corrected chi connectivity index (χ3v) is 2.32. The minimum Gasteiger partial charge on any atom is -0.490 e. The molecule has 15 heavy (non-hydrogen) atoms. The number of Topliss-reactive ketones (excluding diaryl/α,β-unsaturated/α-hetero) is 1. The van der Waals surface area contributed by atoms with Gasteiger partial charge in [-0.25, -0.2) is 0 Å². The van der Waals surface area contributed by atoms with Gasteiger partial charge in [-0.05, 0) is 36.6 Å². The number of allylic oxidation sites excluding steroid dienone is 2. The van der Waals surface area contributed by atoms with Crippen molar-refractivity contribution in [2.24, 2.45) is 0 Å². The average molecular weight is 203 g/mol. The second kappa shape index (κ2) is 4.73. The van der Waals surface area contributed by atoms with Gasteiger partial charge in [0, 0.05) is 18.8 Å². The highest BCUT2D eigenvalue weighted by atomic mass is 16.5. The van der Waals surface area contributed by atoms with E-state index in [9.17, 15) is 4.79 Å². The summed E-state index contributed by atoms with van der Waals surface area (Å²) in [4.78, 5) is 15.7. The highest BCUT2D eigenvalue weighted by Crippen LogP contribution is 2.13. The van der Waals surface area contributed by atoms with Gasteiger partial charge in [-0.3, -0.25) is 9.78 Å². The minimum atomic E-state index is 0.0564. The van der Waals surface area contributed by atoms with E-state index in [1.807, 2.05) is 18.2 Å². The SMILES string of the molecule is O=C(Cc1ccncc1)C1=CCCCO1. The number of ether oxygens (including phenoxy) is 1. The molecular formula is C12H13NO2. The van der Waals surface area contributed by atoms with Crippen LogP contribution >= 0.6 is 0 Å². The minimum absolute atomic E-state index is 0.0564. The van der Waals surface area contributed by atoms with Crippen molar-refractivity contribution >= 4 is 5.78 Å². The molecule has 1 aromatic rings. The molecule has 3 heteroatoms. The van der Waals surface area contributed by atoms with E-state index in [4.69, 9.17) is 4.74 Å². The van der Waals surface area contributed by atoms with Crippen LogP contribution in [0.1, 0.15) is 18.4 Å². The number of carbonyl (C=O) groups is 1. The lowest BCUT2D eigenvalue weighted by molar-refractivity contribution is -0.118. The summed E-state index contributed by atoms with van der Waals surface area (Å²) in [5, 5.41) is 0. The van der Waals surface area contributed by atoms with Crippen LogP contribution in [0.3, 0.4) is 0 Å². The maximum atomic E-state index is 11.8. The van der Waals surface area contributed by atoms with E-state index in [1.54, 1.807) is 12.4 Å². The third kappa shape index (κ3) is 2.65. The molecule has 2 rings (SSSR count).